The summed E-state index contributed by atoms with van der Waals surface area (Å²) in [6.45, 7) is 3.37. The van der Waals surface area contributed by atoms with Crippen LogP contribution in [0.15, 0.2) is 12.1 Å². The fraction of sp³-hybridized carbons (Fsp3) is 0.500. The maximum Gasteiger partial charge on any atom is 0.327 e. The third kappa shape index (κ3) is 2.21. The van der Waals surface area contributed by atoms with E-state index in [0.717, 1.165) is 22.3 Å². The molecule has 6 nitrogen and oxygen atoms in total. The van der Waals surface area contributed by atoms with Crippen LogP contribution in [-0.2, 0) is 59.5 Å². The summed E-state index contributed by atoms with van der Waals surface area (Å²) in [7, 11) is 0. The summed E-state index contributed by atoms with van der Waals surface area (Å²) in [6.07, 6.45) is 0.531. The fourth-order valence-electron chi connectivity index (χ4n) is 3.43. The smallest absolute Gasteiger partial charge is 0.327 e. The van der Waals surface area contributed by atoms with Gasteiger partial charge in [-0.2, -0.15) is 0 Å². The molecule has 1 fully saturated rings. The molecule has 1 spiro atoms. The van der Waals surface area contributed by atoms with Crippen LogP contribution in [0.3, 0.4) is 0 Å². The van der Waals surface area contributed by atoms with Gasteiger partial charge >= 0.3 is 11.9 Å². The van der Waals surface area contributed by atoms with Crippen LogP contribution in [0.25, 0.3) is 0 Å². The Bertz CT molecular complexity index is 746. The van der Waals surface area contributed by atoms with Crippen molar-refractivity contribution in [3.8, 4) is 0 Å². The maximum atomic E-state index is 12.5. The molecule has 1 saturated heterocycles. The third-order valence-corrected chi connectivity index (χ3v) is 5.51. The number of esters is 2. The highest BCUT2D eigenvalue weighted by Gasteiger charge is 2.58. The van der Waals surface area contributed by atoms with Crippen LogP contribution < -0.4 is 0 Å². The van der Waals surface area contributed by atoms with E-state index in [-0.39, 0.29) is 19.4 Å². The molecule has 7 heteroatoms. The van der Waals surface area contributed by atoms with E-state index in [1.165, 1.54) is 0 Å². The lowest BCUT2D eigenvalue weighted by Crippen LogP contribution is -2.54. The van der Waals surface area contributed by atoms with E-state index in [0.29, 0.717) is 5.75 Å². The van der Waals surface area contributed by atoms with E-state index in [2.05, 4.69) is 0 Å². The highest BCUT2D eigenvalue weighted by atomic mass is 32.2. The predicted molar refractivity (Wildman–Crippen MR) is 79.2 cm³/mol. The molecule has 0 bridgehead atoms. The largest absolute Gasteiger partial charge is 0.422 e. The number of hydrogen-bond acceptors (Lipinski definition) is 6. The number of hydrogen-bond donors (Lipinski definition) is 0. The van der Waals surface area contributed by atoms with E-state index in [9.17, 15) is 13.8 Å². The highest BCUT2D eigenvalue weighted by molar-refractivity contribution is 7.79. The summed E-state index contributed by atoms with van der Waals surface area (Å²) in [5.74, 6) is -1.96. The Morgan fingerprint density at radius 3 is 2.13 bits per heavy atom. The molecule has 1 aromatic carbocycles. The first-order chi connectivity index (χ1) is 10.8. The van der Waals surface area contributed by atoms with Gasteiger partial charge in [-0.1, -0.05) is 12.1 Å². The quantitative estimate of drug-likeness (QED) is 0.525. The van der Waals surface area contributed by atoms with Crippen LogP contribution >= 0.6 is 0 Å². The maximum absolute atomic E-state index is 12.5. The second-order valence-electron chi connectivity index (χ2n) is 6.71. The SMILES string of the molecule is CC1(C)OC(=O)C2(Cc3cc4c(cc3C2)CS(=O)OC4)C(=O)O1. The number of fused-ring (bicyclic) bond motifs is 2. The molecule has 1 unspecified atom stereocenters. The van der Waals surface area contributed by atoms with Crippen LogP contribution in [0, 0.1) is 5.41 Å². The third-order valence-electron chi connectivity index (χ3n) is 4.58. The second-order valence-corrected chi connectivity index (χ2v) is 7.85. The first-order valence-electron chi connectivity index (χ1n) is 7.41. The Hall–Kier alpha value is -1.73. The summed E-state index contributed by atoms with van der Waals surface area (Å²) in [5.41, 5.74) is 2.45. The number of benzene rings is 1. The molecule has 0 aromatic heterocycles. The van der Waals surface area contributed by atoms with E-state index < -0.39 is 34.2 Å². The fourth-order valence-corrected chi connectivity index (χ4v) is 4.30. The van der Waals surface area contributed by atoms with Crippen LogP contribution in [0.2, 0.25) is 0 Å². The molecule has 1 aliphatic carbocycles. The first-order valence-corrected chi connectivity index (χ1v) is 8.66. The molecular weight excluding hydrogens is 320 g/mol. The molecule has 2 heterocycles. The zero-order valence-electron chi connectivity index (χ0n) is 12.8. The summed E-state index contributed by atoms with van der Waals surface area (Å²) >= 11 is -1.32. The number of carbonyl (C=O) groups is 2. The summed E-state index contributed by atoms with van der Waals surface area (Å²) in [6, 6.07) is 3.87. The predicted octanol–water partition coefficient (Wildman–Crippen LogP) is 1.30. The average Bonchev–Trinajstić information content (AvgIpc) is 2.82. The van der Waals surface area contributed by atoms with Crippen molar-refractivity contribution in [3.05, 3.63) is 34.4 Å². The number of carbonyl (C=O) groups excluding carboxylic acids is 2. The molecule has 0 saturated carbocycles. The lowest BCUT2D eigenvalue weighted by Gasteiger charge is -2.38. The molecule has 122 valence electrons. The van der Waals surface area contributed by atoms with Crippen LogP contribution in [-0.4, -0.2) is 21.9 Å². The minimum Gasteiger partial charge on any atom is -0.422 e. The zero-order chi connectivity index (χ0) is 16.4. The lowest BCUT2D eigenvalue weighted by atomic mass is 9.84. The minimum atomic E-state index is -1.32. The van der Waals surface area contributed by atoms with Crippen molar-refractivity contribution in [2.45, 2.75) is 44.8 Å². The summed E-state index contributed by atoms with van der Waals surface area (Å²) < 4.78 is 27.3. The van der Waals surface area contributed by atoms with Gasteiger partial charge in [0.25, 0.3) is 5.79 Å². The van der Waals surface area contributed by atoms with Crippen LogP contribution in [0.5, 0.6) is 0 Å². The lowest BCUT2D eigenvalue weighted by molar-refractivity contribution is -0.250. The Balaban J connectivity index is 1.72. The van der Waals surface area contributed by atoms with Crippen molar-refractivity contribution in [1.82, 2.24) is 0 Å². The Morgan fingerprint density at radius 1 is 0.957 bits per heavy atom. The molecular formula is C16H16O6S. The van der Waals surface area contributed by atoms with Crippen molar-refractivity contribution in [2.75, 3.05) is 0 Å². The highest BCUT2D eigenvalue weighted by Crippen LogP contribution is 2.44. The first kappa shape index (κ1) is 14.8. The average molecular weight is 336 g/mol. The van der Waals surface area contributed by atoms with Crippen LogP contribution in [0.1, 0.15) is 36.1 Å². The normalized spacial score (nSPS) is 27.1. The van der Waals surface area contributed by atoms with E-state index in [1.807, 2.05) is 12.1 Å². The Labute approximate surface area is 135 Å². The van der Waals surface area contributed by atoms with E-state index >= 15 is 0 Å². The van der Waals surface area contributed by atoms with Crippen molar-refractivity contribution in [3.63, 3.8) is 0 Å². The second kappa shape index (κ2) is 4.64. The molecule has 0 N–H and O–H groups in total. The van der Waals surface area contributed by atoms with Gasteiger partial charge in [0, 0.05) is 13.8 Å². The van der Waals surface area contributed by atoms with Crippen molar-refractivity contribution >= 4 is 23.0 Å². The molecule has 0 radical (unpaired) electrons. The molecule has 3 aliphatic rings. The molecule has 1 atom stereocenters. The zero-order valence-corrected chi connectivity index (χ0v) is 13.7. The van der Waals surface area contributed by atoms with Gasteiger partial charge < -0.3 is 9.47 Å². The Morgan fingerprint density at radius 2 is 1.52 bits per heavy atom. The summed E-state index contributed by atoms with van der Waals surface area (Å²) in [4.78, 5) is 25.0. The number of rotatable bonds is 0. The van der Waals surface area contributed by atoms with Crippen molar-refractivity contribution in [1.29, 1.82) is 0 Å². The minimum absolute atomic E-state index is 0.261. The molecule has 23 heavy (non-hydrogen) atoms. The Kier molecular flexibility index (Phi) is 2.99. The van der Waals surface area contributed by atoms with E-state index in [1.54, 1.807) is 13.8 Å². The van der Waals surface area contributed by atoms with Crippen LogP contribution in [0.4, 0.5) is 0 Å². The van der Waals surface area contributed by atoms with Gasteiger partial charge in [0.15, 0.2) is 16.5 Å². The van der Waals surface area contributed by atoms with Gasteiger partial charge in [-0.25, -0.2) is 4.21 Å². The van der Waals surface area contributed by atoms with E-state index in [4.69, 9.17) is 13.7 Å². The number of ether oxygens (including phenoxy) is 2. The van der Waals surface area contributed by atoms with Crippen molar-refractivity contribution in [2.24, 2.45) is 5.41 Å². The van der Waals surface area contributed by atoms with Gasteiger partial charge in [-0.05, 0) is 35.1 Å². The topological polar surface area (TPSA) is 78.9 Å². The molecule has 4 rings (SSSR count). The standard InChI is InChI=1S/C16H16O6S/c1-15(2)21-13(17)16(14(18)22-15)5-9-3-11-7-20-23(19)8-12(11)4-10(9)6-16/h3-4H,5-8H2,1-2H3. The molecule has 2 aliphatic heterocycles. The number of cyclic esters (lactones) is 2. The molecule has 1 aromatic rings. The van der Waals surface area contributed by atoms with Gasteiger partial charge in [-0.3, -0.25) is 13.8 Å². The summed E-state index contributed by atoms with van der Waals surface area (Å²) in [5, 5.41) is 0. The van der Waals surface area contributed by atoms with Gasteiger partial charge in [0.2, 0.25) is 0 Å². The van der Waals surface area contributed by atoms with Crippen molar-refractivity contribution < 1.29 is 27.5 Å². The van der Waals surface area contributed by atoms with Gasteiger partial charge in [-0.15, -0.1) is 0 Å². The molecule has 0 amide bonds. The van der Waals surface area contributed by atoms with Gasteiger partial charge in [0.05, 0.1) is 12.4 Å². The van der Waals surface area contributed by atoms with Gasteiger partial charge in [0.1, 0.15) is 0 Å². The monoisotopic (exact) mass is 336 g/mol.